The number of rotatable bonds is 1. The van der Waals surface area contributed by atoms with Gasteiger partial charge in [0.2, 0.25) is 0 Å². The van der Waals surface area contributed by atoms with Crippen LogP contribution in [0.2, 0.25) is 0 Å². The Bertz CT molecular complexity index is 270. The zero-order valence-corrected chi connectivity index (χ0v) is 8.00. The van der Waals surface area contributed by atoms with Crippen molar-refractivity contribution in [3.8, 4) is 0 Å². The average Bonchev–Trinajstić information content (AvgIpc) is 2.32. The van der Waals surface area contributed by atoms with Gasteiger partial charge in [-0.2, -0.15) is 13.2 Å². The predicted octanol–water partition coefficient (Wildman–Crippen LogP) is 3.11. The maximum absolute atomic E-state index is 11.9. The number of hydrogen-bond donors (Lipinski definition) is 1. The molecule has 0 unspecified atom stereocenters. The average molecular weight is 261 g/mol. The summed E-state index contributed by atoms with van der Waals surface area (Å²) < 4.78 is 36.2. The molecule has 1 aromatic heterocycles. The lowest BCUT2D eigenvalue weighted by Crippen LogP contribution is -2.18. The van der Waals surface area contributed by atoms with E-state index < -0.39 is 12.3 Å². The van der Waals surface area contributed by atoms with E-state index >= 15 is 0 Å². The number of halogens is 4. The van der Waals surface area contributed by atoms with Gasteiger partial charge in [-0.15, -0.1) is 11.3 Å². The van der Waals surface area contributed by atoms with Gasteiger partial charge in [0, 0.05) is 14.7 Å². The Morgan fingerprint density at radius 3 is 2.42 bits per heavy atom. The van der Waals surface area contributed by atoms with E-state index in [-0.39, 0.29) is 4.88 Å². The molecule has 0 aliphatic heterocycles. The maximum Gasteiger partial charge on any atom is 0.419 e. The van der Waals surface area contributed by atoms with Gasteiger partial charge in [0.05, 0.1) is 0 Å². The molecule has 0 bridgehead atoms. The lowest BCUT2D eigenvalue weighted by atomic mass is 10.3. The first-order valence-corrected chi connectivity index (χ1v) is 4.57. The van der Waals surface area contributed by atoms with Gasteiger partial charge in [-0.3, -0.25) is 0 Å². The van der Waals surface area contributed by atoms with Crippen molar-refractivity contribution in [2.24, 2.45) is 0 Å². The first-order chi connectivity index (χ1) is 5.41. The predicted molar refractivity (Wildman–Crippen MR) is 43.0 cm³/mol. The van der Waals surface area contributed by atoms with Crippen molar-refractivity contribution >= 4 is 27.3 Å². The van der Waals surface area contributed by atoms with Crippen LogP contribution in [0.3, 0.4) is 0 Å². The monoisotopic (exact) mass is 260 g/mol. The van der Waals surface area contributed by atoms with Crippen LogP contribution in [0.25, 0.3) is 0 Å². The Balaban J connectivity index is 2.85. The molecular weight excluding hydrogens is 257 g/mol. The van der Waals surface area contributed by atoms with Crippen LogP contribution in [0, 0.1) is 0 Å². The summed E-state index contributed by atoms with van der Waals surface area (Å²) >= 11 is 3.87. The number of alkyl halides is 3. The Morgan fingerprint density at radius 1 is 1.50 bits per heavy atom. The normalized spacial score (nSPS) is 14.8. The lowest BCUT2D eigenvalue weighted by Gasteiger charge is -2.11. The number of aliphatic hydroxyl groups excluding tert-OH is 1. The van der Waals surface area contributed by atoms with Crippen LogP contribution in [-0.2, 0) is 0 Å². The molecule has 6 heteroatoms. The highest BCUT2D eigenvalue weighted by Gasteiger charge is 2.40. The third kappa shape index (κ3) is 2.21. The van der Waals surface area contributed by atoms with E-state index in [0.29, 0.717) is 4.47 Å². The molecule has 1 heterocycles. The number of thiophene rings is 1. The molecule has 68 valence electrons. The number of hydrogen-bond acceptors (Lipinski definition) is 2. The summed E-state index contributed by atoms with van der Waals surface area (Å²) in [6.07, 6.45) is -6.95. The fraction of sp³-hybridized carbons (Fsp3) is 0.333. The minimum Gasteiger partial charge on any atom is -0.379 e. The van der Waals surface area contributed by atoms with Gasteiger partial charge in [0.25, 0.3) is 0 Å². The molecule has 12 heavy (non-hydrogen) atoms. The van der Waals surface area contributed by atoms with Gasteiger partial charge in [-0.25, -0.2) is 0 Å². The molecule has 1 rings (SSSR count). The van der Waals surface area contributed by atoms with E-state index in [9.17, 15) is 13.2 Å². The molecule has 1 atom stereocenters. The second-order valence-electron chi connectivity index (χ2n) is 2.11. The third-order valence-electron chi connectivity index (χ3n) is 1.17. The maximum atomic E-state index is 11.9. The minimum atomic E-state index is -4.58. The summed E-state index contributed by atoms with van der Waals surface area (Å²) in [6.45, 7) is 0. The topological polar surface area (TPSA) is 20.2 Å². The molecule has 0 amide bonds. The first kappa shape index (κ1) is 10.0. The van der Waals surface area contributed by atoms with Crippen LogP contribution in [0.5, 0.6) is 0 Å². The smallest absolute Gasteiger partial charge is 0.379 e. The molecule has 0 saturated heterocycles. The second-order valence-corrected chi connectivity index (χ2v) is 3.97. The standard InChI is InChI=1S/C6H4BrF3OS/c7-3-1-4(12-2-3)5(11)6(8,9)10/h1-2,5,11H/t5-/m0/s1. The van der Waals surface area contributed by atoms with E-state index in [0.717, 1.165) is 11.3 Å². The molecule has 1 nitrogen and oxygen atoms in total. The first-order valence-electron chi connectivity index (χ1n) is 2.90. The molecule has 0 saturated carbocycles. The quantitative estimate of drug-likeness (QED) is 0.823. The van der Waals surface area contributed by atoms with Crippen LogP contribution in [0.4, 0.5) is 13.2 Å². The third-order valence-corrected chi connectivity index (χ3v) is 2.91. The van der Waals surface area contributed by atoms with Crippen molar-refractivity contribution in [3.63, 3.8) is 0 Å². The summed E-state index contributed by atoms with van der Waals surface area (Å²) in [5, 5.41) is 10.2. The van der Waals surface area contributed by atoms with E-state index in [1.54, 1.807) is 0 Å². The zero-order chi connectivity index (χ0) is 9.35. The molecule has 0 aliphatic rings. The van der Waals surface area contributed by atoms with E-state index in [2.05, 4.69) is 15.9 Å². The van der Waals surface area contributed by atoms with E-state index in [4.69, 9.17) is 5.11 Å². The van der Waals surface area contributed by atoms with E-state index in [1.807, 2.05) is 0 Å². The molecule has 1 aromatic rings. The summed E-state index contributed by atoms with van der Waals surface area (Å²) in [5.74, 6) is 0. The van der Waals surface area contributed by atoms with E-state index in [1.165, 1.54) is 11.4 Å². The largest absolute Gasteiger partial charge is 0.419 e. The van der Waals surface area contributed by atoms with Gasteiger partial charge in [0.1, 0.15) is 0 Å². The van der Waals surface area contributed by atoms with Crippen LogP contribution >= 0.6 is 27.3 Å². The summed E-state index contributed by atoms with van der Waals surface area (Å²) in [4.78, 5) is -0.102. The molecule has 0 spiro atoms. The van der Waals surface area contributed by atoms with Gasteiger partial charge >= 0.3 is 6.18 Å². The Labute approximate surface area is 79.0 Å². The van der Waals surface area contributed by atoms with Crippen molar-refractivity contribution in [1.82, 2.24) is 0 Å². The van der Waals surface area contributed by atoms with Crippen LogP contribution < -0.4 is 0 Å². The second kappa shape index (κ2) is 3.35. The van der Waals surface area contributed by atoms with Crippen LogP contribution in [0.1, 0.15) is 11.0 Å². The highest BCUT2D eigenvalue weighted by atomic mass is 79.9. The van der Waals surface area contributed by atoms with Crippen molar-refractivity contribution in [1.29, 1.82) is 0 Å². The zero-order valence-electron chi connectivity index (χ0n) is 5.60. The minimum absolute atomic E-state index is 0.102. The molecule has 0 fully saturated rings. The molecular formula is C6H4BrF3OS. The summed E-state index contributed by atoms with van der Waals surface area (Å²) in [5.41, 5.74) is 0. The fourth-order valence-electron chi connectivity index (χ4n) is 0.633. The SMILES string of the molecule is O[C@@H](c1cc(Br)cs1)C(F)(F)F. The fourth-order valence-corrected chi connectivity index (χ4v) is 2.09. The Kier molecular flexibility index (Phi) is 2.80. The Morgan fingerprint density at radius 2 is 2.08 bits per heavy atom. The van der Waals surface area contributed by atoms with Crippen LogP contribution in [-0.4, -0.2) is 11.3 Å². The number of aliphatic hydroxyl groups is 1. The molecule has 0 aliphatic carbocycles. The van der Waals surface area contributed by atoms with Gasteiger partial charge < -0.3 is 5.11 Å². The van der Waals surface area contributed by atoms with Crippen LogP contribution in [0.15, 0.2) is 15.9 Å². The highest BCUT2D eigenvalue weighted by molar-refractivity contribution is 9.10. The molecule has 0 aromatic carbocycles. The molecule has 0 radical (unpaired) electrons. The highest BCUT2D eigenvalue weighted by Crippen LogP contribution is 2.36. The van der Waals surface area contributed by atoms with Crippen molar-refractivity contribution in [2.75, 3.05) is 0 Å². The van der Waals surface area contributed by atoms with Crippen molar-refractivity contribution in [2.45, 2.75) is 12.3 Å². The summed E-state index contributed by atoms with van der Waals surface area (Å²) in [7, 11) is 0. The summed E-state index contributed by atoms with van der Waals surface area (Å²) in [6, 6.07) is 1.25. The van der Waals surface area contributed by atoms with Gasteiger partial charge in [-0.1, -0.05) is 0 Å². The van der Waals surface area contributed by atoms with Gasteiger partial charge in [0.15, 0.2) is 6.10 Å². The van der Waals surface area contributed by atoms with Crippen molar-refractivity contribution < 1.29 is 18.3 Å². The molecule has 1 N–H and O–H groups in total. The Hall–Kier alpha value is -0.0700. The van der Waals surface area contributed by atoms with Gasteiger partial charge in [-0.05, 0) is 22.0 Å². The lowest BCUT2D eigenvalue weighted by molar-refractivity contribution is -0.205. The van der Waals surface area contributed by atoms with Crippen molar-refractivity contribution in [3.05, 3.63) is 20.8 Å².